The van der Waals surface area contributed by atoms with Gasteiger partial charge in [0.25, 0.3) is 5.91 Å². The number of hydrogen-bond acceptors (Lipinski definition) is 4. The molecule has 0 unspecified atom stereocenters. The zero-order valence-corrected chi connectivity index (χ0v) is 16.8. The van der Waals surface area contributed by atoms with Crippen molar-refractivity contribution in [3.8, 4) is 5.69 Å². The summed E-state index contributed by atoms with van der Waals surface area (Å²) in [6, 6.07) is 15.8. The van der Waals surface area contributed by atoms with Crippen LogP contribution in [0.3, 0.4) is 0 Å². The smallest absolute Gasteiger partial charge is 0.280 e. The maximum atomic E-state index is 12.8. The first-order chi connectivity index (χ1) is 13.5. The van der Waals surface area contributed by atoms with Gasteiger partial charge in [0, 0.05) is 27.4 Å². The lowest BCUT2D eigenvalue weighted by molar-refractivity contribution is 0.101. The predicted molar refractivity (Wildman–Crippen MR) is 115 cm³/mol. The van der Waals surface area contributed by atoms with E-state index in [1.807, 2.05) is 18.2 Å². The molecule has 0 aliphatic carbocycles. The van der Waals surface area contributed by atoms with E-state index in [9.17, 15) is 9.59 Å². The van der Waals surface area contributed by atoms with Crippen molar-refractivity contribution in [1.82, 2.24) is 9.78 Å². The molecular weight excluding hydrogens is 394 g/mol. The minimum absolute atomic E-state index is 0.177. The maximum Gasteiger partial charge on any atom is 0.280 e. The minimum atomic E-state index is -0.556. The van der Waals surface area contributed by atoms with Crippen molar-refractivity contribution in [3.05, 3.63) is 93.9 Å². The summed E-state index contributed by atoms with van der Waals surface area (Å²) in [6.07, 6.45) is 1.79. The van der Waals surface area contributed by atoms with Crippen LogP contribution in [0, 0.1) is 6.92 Å². The fraction of sp³-hybridized carbons (Fsp3) is 0.0952. The van der Waals surface area contributed by atoms with E-state index in [-0.39, 0.29) is 5.69 Å². The van der Waals surface area contributed by atoms with Gasteiger partial charge in [-0.25, -0.2) is 4.68 Å². The Balaban J connectivity index is 1.94. The third-order valence-corrected chi connectivity index (χ3v) is 5.21. The first-order valence-corrected chi connectivity index (χ1v) is 9.87. The predicted octanol–water partition coefficient (Wildman–Crippen LogP) is 4.72. The number of benzene rings is 2. The summed E-state index contributed by atoms with van der Waals surface area (Å²) in [4.78, 5) is 26.1. The number of halogens is 1. The molecule has 2 aromatic carbocycles. The summed E-state index contributed by atoms with van der Waals surface area (Å²) in [5, 5.41) is 7.67. The number of rotatable bonds is 6. The summed E-state index contributed by atoms with van der Waals surface area (Å²) < 4.78 is 1.55. The Labute approximate surface area is 172 Å². The molecule has 7 heteroatoms. The van der Waals surface area contributed by atoms with Crippen molar-refractivity contribution in [2.45, 2.75) is 11.8 Å². The third-order valence-electron chi connectivity index (χ3n) is 3.89. The summed E-state index contributed by atoms with van der Waals surface area (Å²) in [5.74, 6) is 0.151. The van der Waals surface area contributed by atoms with Crippen molar-refractivity contribution >= 4 is 35.0 Å². The Hall–Kier alpha value is -2.83. The Morgan fingerprint density at radius 2 is 1.96 bits per heavy atom. The summed E-state index contributed by atoms with van der Waals surface area (Å²) in [6.45, 7) is 5.46. The number of hydrogen-bond donors (Lipinski definition) is 1. The molecule has 0 fully saturated rings. The summed E-state index contributed by atoms with van der Waals surface area (Å²) in [7, 11) is 0. The van der Waals surface area contributed by atoms with E-state index in [2.05, 4.69) is 17.0 Å². The van der Waals surface area contributed by atoms with Crippen molar-refractivity contribution in [2.75, 3.05) is 11.1 Å². The van der Waals surface area contributed by atoms with Crippen LogP contribution < -0.4 is 10.7 Å². The third kappa shape index (κ3) is 4.52. The second-order valence-electron chi connectivity index (χ2n) is 5.94. The first-order valence-electron chi connectivity index (χ1n) is 8.50. The lowest BCUT2D eigenvalue weighted by Gasteiger charge is -2.13. The molecule has 1 aromatic heterocycles. The molecule has 28 heavy (non-hydrogen) atoms. The van der Waals surface area contributed by atoms with Crippen LogP contribution in [0.2, 0.25) is 5.02 Å². The monoisotopic (exact) mass is 411 g/mol. The minimum Gasteiger partial charge on any atom is -0.319 e. The standard InChI is InChI=1S/C21H18ClN3O2S/c1-3-12-28-19-7-5-4-6-17(19)23-21(27)20-18(26)13-14(2)25(24-20)16-10-8-15(22)9-11-16/h3-11,13H,1,12H2,2H3,(H,23,27). The Bertz CT molecular complexity index is 1080. The largest absolute Gasteiger partial charge is 0.319 e. The highest BCUT2D eigenvalue weighted by atomic mass is 35.5. The number of amides is 1. The topological polar surface area (TPSA) is 64.0 Å². The summed E-state index contributed by atoms with van der Waals surface area (Å²) in [5.41, 5.74) is 1.34. The van der Waals surface area contributed by atoms with Crippen LogP contribution in [0.1, 0.15) is 16.2 Å². The molecule has 0 aliphatic heterocycles. The number of anilines is 1. The number of carbonyl (C=O) groups excluding carboxylic acids is 1. The number of nitrogens with one attached hydrogen (secondary N) is 1. The molecule has 0 aliphatic rings. The molecule has 1 amide bonds. The van der Waals surface area contributed by atoms with E-state index in [1.165, 1.54) is 6.07 Å². The molecule has 0 spiro atoms. The van der Waals surface area contributed by atoms with Gasteiger partial charge in [0.2, 0.25) is 5.43 Å². The molecule has 1 heterocycles. The van der Waals surface area contributed by atoms with Crippen LogP contribution in [-0.2, 0) is 0 Å². The molecule has 142 valence electrons. The van der Waals surface area contributed by atoms with Gasteiger partial charge in [-0.3, -0.25) is 9.59 Å². The zero-order valence-electron chi connectivity index (χ0n) is 15.2. The highest BCUT2D eigenvalue weighted by Gasteiger charge is 2.17. The van der Waals surface area contributed by atoms with Crippen LogP contribution >= 0.6 is 23.4 Å². The van der Waals surface area contributed by atoms with Crippen molar-refractivity contribution in [3.63, 3.8) is 0 Å². The highest BCUT2D eigenvalue weighted by molar-refractivity contribution is 7.99. The molecule has 0 bridgehead atoms. The maximum absolute atomic E-state index is 12.8. The average Bonchev–Trinajstić information content (AvgIpc) is 2.68. The van der Waals surface area contributed by atoms with Crippen LogP contribution in [0.15, 0.2) is 76.9 Å². The van der Waals surface area contributed by atoms with E-state index < -0.39 is 11.3 Å². The number of thioether (sulfide) groups is 1. The van der Waals surface area contributed by atoms with Gasteiger partial charge < -0.3 is 5.32 Å². The zero-order chi connectivity index (χ0) is 20.1. The molecule has 0 radical (unpaired) electrons. The van der Waals surface area contributed by atoms with Crippen LogP contribution in [-0.4, -0.2) is 21.4 Å². The highest BCUT2D eigenvalue weighted by Crippen LogP contribution is 2.27. The van der Waals surface area contributed by atoms with Gasteiger partial charge in [-0.05, 0) is 43.3 Å². The van der Waals surface area contributed by atoms with Gasteiger partial charge in [-0.15, -0.1) is 18.3 Å². The van der Waals surface area contributed by atoms with E-state index in [1.54, 1.807) is 59.8 Å². The quantitative estimate of drug-likeness (QED) is 0.470. The number of para-hydroxylation sites is 1. The lowest BCUT2D eigenvalue weighted by atomic mass is 10.2. The van der Waals surface area contributed by atoms with Crippen LogP contribution in [0.5, 0.6) is 0 Å². The van der Waals surface area contributed by atoms with Crippen molar-refractivity contribution < 1.29 is 4.79 Å². The van der Waals surface area contributed by atoms with Gasteiger partial charge in [0.05, 0.1) is 11.4 Å². The van der Waals surface area contributed by atoms with E-state index >= 15 is 0 Å². The fourth-order valence-electron chi connectivity index (χ4n) is 2.57. The van der Waals surface area contributed by atoms with Crippen molar-refractivity contribution in [1.29, 1.82) is 0 Å². The van der Waals surface area contributed by atoms with Crippen LogP contribution in [0.25, 0.3) is 5.69 Å². The molecule has 0 saturated heterocycles. The van der Waals surface area contributed by atoms with Gasteiger partial charge in [0.1, 0.15) is 0 Å². The second kappa shape index (κ2) is 8.91. The fourth-order valence-corrected chi connectivity index (χ4v) is 3.45. The van der Waals surface area contributed by atoms with E-state index in [0.29, 0.717) is 27.8 Å². The molecule has 3 rings (SSSR count). The van der Waals surface area contributed by atoms with E-state index in [0.717, 1.165) is 4.90 Å². The number of nitrogens with zero attached hydrogens (tertiary/aromatic N) is 2. The molecule has 5 nitrogen and oxygen atoms in total. The van der Waals surface area contributed by atoms with Crippen molar-refractivity contribution in [2.24, 2.45) is 0 Å². The SMILES string of the molecule is C=CCSc1ccccc1NC(=O)c1nn(-c2ccc(Cl)cc2)c(C)cc1=O. The number of aryl methyl sites for hydroxylation is 1. The van der Waals surface area contributed by atoms with Gasteiger partial charge in [0.15, 0.2) is 5.69 Å². The number of carbonyl (C=O) groups is 1. The first kappa shape index (κ1) is 19.9. The molecule has 0 saturated carbocycles. The van der Waals surface area contributed by atoms with Crippen LogP contribution in [0.4, 0.5) is 5.69 Å². The Kier molecular flexibility index (Phi) is 6.34. The van der Waals surface area contributed by atoms with E-state index in [4.69, 9.17) is 11.6 Å². The Morgan fingerprint density at radius 3 is 2.68 bits per heavy atom. The molecule has 1 N–H and O–H groups in total. The Morgan fingerprint density at radius 1 is 1.25 bits per heavy atom. The normalized spacial score (nSPS) is 10.5. The van der Waals surface area contributed by atoms with Gasteiger partial charge in [-0.1, -0.05) is 29.8 Å². The molecule has 3 aromatic rings. The van der Waals surface area contributed by atoms with Gasteiger partial charge >= 0.3 is 0 Å². The molecule has 0 atom stereocenters. The average molecular weight is 412 g/mol. The molecular formula is C21H18ClN3O2S. The van der Waals surface area contributed by atoms with Gasteiger partial charge in [-0.2, -0.15) is 5.10 Å². The second-order valence-corrected chi connectivity index (χ2v) is 7.44. The lowest BCUT2D eigenvalue weighted by Crippen LogP contribution is -2.27. The number of aromatic nitrogens is 2. The summed E-state index contributed by atoms with van der Waals surface area (Å²) >= 11 is 7.48.